The fraction of sp³-hybridized carbons (Fsp3) is 0.533. The van der Waals surface area contributed by atoms with Crippen LogP contribution in [-0.2, 0) is 16.0 Å². The molecule has 1 heterocycles. The minimum atomic E-state index is 0.214. The first kappa shape index (κ1) is 16.0. The second kappa shape index (κ2) is 8.15. The fourth-order valence-corrected chi connectivity index (χ4v) is 2.82. The number of carbonyl (C=O) groups excluding carboxylic acids is 1. The highest BCUT2D eigenvalue weighted by molar-refractivity contribution is 9.10. The second-order valence-electron chi connectivity index (χ2n) is 4.94. The Morgan fingerprint density at radius 1 is 1.25 bits per heavy atom. The Labute approximate surface area is 136 Å². The van der Waals surface area contributed by atoms with Crippen molar-refractivity contribution in [3.05, 3.63) is 34.3 Å². The highest BCUT2D eigenvalue weighted by atomic mass is 79.9. The van der Waals surface area contributed by atoms with Crippen LogP contribution < -0.4 is 0 Å². The molecule has 0 aromatic heterocycles. The molecule has 5 heteroatoms. The molecule has 0 N–H and O–H groups in total. The van der Waals surface area contributed by atoms with Gasteiger partial charge in [0.1, 0.15) is 0 Å². The first-order valence-electron chi connectivity index (χ1n) is 6.89. The van der Waals surface area contributed by atoms with E-state index in [1.54, 1.807) is 0 Å². The lowest BCUT2D eigenvalue weighted by Gasteiger charge is -2.32. The zero-order chi connectivity index (χ0) is 14.4. The largest absolute Gasteiger partial charge is 0.377 e. The molecule has 1 aromatic rings. The van der Waals surface area contributed by atoms with E-state index in [1.807, 2.05) is 29.2 Å². The first-order chi connectivity index (χ1) is 9.69. The van der Waals surface area contributed by atoms with E-state index in [1.165, 1.54) is 0 Å². The third kappa shape index (κ3) is 4.86. The van der Waals surface area contributed by atoms with E-state index in [4.69, 9.17) is 4.74 Å². The third-order valence-corrected chi connectivity index (χ3v) is 4.35. The molecule has 2 rings (SSSR count). The topological polar surface area (TPSA) is 29.5 Å². The molecular formula is C15H19Br2NO2. The van der Waals surface area contributed by atoms with Crippen LogP contribution in [0, 0.1) is 0 Å². The highest BCUT2D eigenvalue weighted by Gasteiger charge is 2.22. The Morgan fingerprint density at radius 2 is 1.90 bits per heavy atom. The van der Waals surface area contributed by atoms with Gasteiger partial charge in [0.05, 0.1) is 19.1 Å². The van der Waals surface area contributed by atoms with Crippen molar-refractivity contribution in [3.63, 3.8) is 0 Å². The number of alkyl halides is 1. The lowest BCUT2D eigenvalue weighted by atomic mass is 10.1. The SMILES string of the molecule is O=C(Cc1ccc(Br)cc1)N1CCC(OCCBr)CC1. The van der Waals surface area contributed by atoms with Gasteiger partial charge in [-0.3, -0.25) is 4.79 Å². The van der Waals surface area contributed by atoms with Gasteiger partial charge in [-0.25, -0.2) is 0 Å². The fourth-order valence-electron chi connectivity index (χ4n) is 2.37. The number of benzene rings is 1. The summed E-state index contributed by atoms with van der Waals surface area (Å²) in [6.07, 6.45) is 2.68. The van der Waals surface area contributed by atoms with Crippen LogP contribution >= 0.6 is 31.9 Å². The van der Waals surface area contributed by atoms with Gasteiger partial charge >= 0.3 is 0 Å². The molecule has 1 aliphatic heterocycles. The van der Waals surface area contributed by atoms with E-state index < -0.39 is 0 Å². The van der Waals surface area contributed by atoms with E-state index >= 15 is 0 Å². The average molecular weight is 405 g/mol. The molecule has 0 saturated carbocycles. The minimum Gasteiger partial charge on any atom is -0.377 e. The molecule has 0 atom stereocenters. The Morgan fingerprint density at radius 3 is 2.50 bits per heavy atom. The van der Waals surface area contributed by atoms with E-state index in [9.17, 15) is 4.79 Å². The van der Waals surface area contributed by atoms with Crippen LogP contribution in [0.4, 0.5) is 0 Å². The lowest BCUT2D eigenvalue weighted by Crippen LogP contribution is -2.41. The summed E-state index contributed by atoms with van der Waals surface area (Å²) in [4.78, 5) is 14.2. The summed E-state index contributed by atoms with van der Waals surface area (Å²) in [5.74, 6) is 0.214. The number of ether oxygens (including phenoxy) is 1. The van der Waals surface area contributed by atoms with Crippen LogP contribution in [0.15, 0.2) is 28.7 Å². The summed E-state index contributed by atoms with van der Waals surface area (Å²) < 4.78 is 6.74. The molecule has 1 aliphatic rings. The van der Waals surface area contributed by atoms with Gasteiger partial charge < -0.3 is 9.64 Å². The van der Waals surface area contributed by atoms with Gasteiger partial charge in [0.25, 0.3) is 0 Å². The van der Waals surface area contributed by atoms with Crippen molar-refractivity contribution in [1.29, 1.82) is 0 Å². The molecule has 0 unspecified atom stereocenters. The Bertz CT molecular complexity index is 428. The standard InChI is InChI=1S/C15H19Br2NO2/c16-7-10-20-14-5-8-18(9-6-14)15(19)11-12-1-3-13(17)4-2-12/h1-4,14H,5-11H2. The first-order valence-corrected chi connectivity index (χ1v) is 8.80. The summed E-state index contributed by atoms with van der Waals surface area (Å²) >= 11 is 6.76. The highest BCUT2D eigenvalue weighted by Crippen LogP contribution is 2.16. The molecule has 1 amide bonds. The van der Waals surface area contributed by atoms with Gasteiger partial charge in [-0.1, -0.05) is 44.0 Å². The van der Waals surface area contributed by atoms with Gasteiger partial charge in [-0.2, -0.15) is 0 Å². The van der Waals surface area contributed by atoms with Crippen molar-refractivity contribution in [1.82, 2.24) is 4.90 Å². The molecule has 0 spiro atoms. The zero-order valence-electron chi connectivity index (χ0n) is 11.4. The van der Waals surface area contributed by atoms with Gasteiger partial charge in [-0.15, -0.1) is 0 Å². The normalized spacial score (nSPS) is 16.4. The van der Waals surface area contributed by atoms with E-state index in [2.05, 4.69) is 31.9 Å². The molecular weight excluding hydrogens is 386 g/mol. The molecule has 110 valence electrons. The molecule has 0 aliphatic carbocycles. The van der Waals surface area contributed by atoms with Gasteiger partial charge in [0.15, 0.2) is 0 Å². The zero-order valence-corrected chi connectivity index (χ0v) is 14.5. The van der Waals surface area contributed by atoms with Crippen LogP contribution in [0.3, 0.4) is 0 Å². The number of nitrogens with zero attached hydrogens (tertiary/aromatic N) is 1. The van der Waals surface area contributed by atoms with E-state index in [0.29, 0.717) is 12.5 Å². The van der Waals surface area contributed by atoms with Crippen LogP contribution in [0.25, 0.3) is 0 Å². The van der Waals surface area contributed by atoms with Crippen LogP contribution in [0.1, 0.15) is 18.4 Å². The predicted octanol–water partition coefficient (Wildman–Crippen LogP) is 3.39. The van der Waals surface area contributed by atoms with Crippen LogP contribution in [0.5, 0.6) is 0 Å². The van der Waals surface area contributed by atoms with Crippen LogP contribution in [0.2, 0.25) is 0 Å². The Balaban J connectivity index is 1.78. The van der Waals surface area contributed by atoms with Crippen molar-refractivity contribution in [2.75, 3.05) is 25.0 Å². The lowest BCUT2D eigenvalue weighted by molar-refractivity contribution is -0.133. The smallest absolute Gasteiger partial charge is 0.226 e. The van der Waals surface area contributed by atoms with Gasteiger partial charge in [0.2, 0.25) is 5.91 Å². The number of hydrogen-bond acceptors (Lipinski definition) is 2. The Hall–Kier alpha value is -0.390. The number of amides is 1. The number of halogens is 2. The summed E-state index contributed by atoms with van der Waals surface area (Å²) in [5.41, 5.74) is 1.07. The predicted molar refractivity (Wildman–Crippen MR) is 87.2 cm³/mol. The minimum absolute atomic E-state index is 0.214. The maximum atomic E-state index is 12.2. The molecule has 0 radical (unpaired) electrons. The second-order valence-corrected chi connectivity index (χ2v) is 6.65. The maximum Gasteiger partial charge on any atom is 0.226 e. The summed E-state index contributed by atoms with van der Waals surface area (Å²) in [6, 6.07) is 7.94. The van der Waals surface area contributed by atoms with Crippen LogP contribution in [-0.4, -0.2) is 41.9 Å². The van der Waals surface area contributed by atoms with E-state index in [0.717, 1.165) is 47.9 Å². The number of carbonyl (C=O) groups is 1. The van der Waals surface area contributed by atoms with Gasteiger partial charge in [-0.05, 0) is 30.5 Å². The number of hydrogen-bond donors (Lipinski definition) is 0. The number of rotatable bonds is 5. The number of likely N-dealkylation sites (tertiary alicyclic amines) is 1. The summed E-state index contributed by atoms with van der Waals surface area (Å²) in [6.45, 7) is 2.36. The summed E-state index contributed by atoms with van der Waals surface area (Å²) in [7, 11) is 0. The molecule has 1 fully saturated rings. The maximum absolute atomic E-state index is 12.2. The van der Waals surface area contributed by atoms with Crippen molar-refractivity contribution in [2.45, 2.75) is 25.4 Å². The Kier molecular flexibility index (Phi) is 6.52. The summed E-state index contributed by atoms with van der Waals surface area (Å²) in [5, 5.41) is 0.871. The quantitative estimate of drug-likeness (QED) is 0.704. The van der Waals surface area contributed by atoms with Crippen molar-refractivity contribution in [3.8, 4) is 0 Å². The molecule has 1 aromatic carbocycles. The molecule has 0 bridgehead atoms. The van der Waals surface area contributed by atoms with Crippen molar-refractivity contribution >= 4 is 37.8 Å². The third-order valence-electron chi connectivity index (χ3n) is 3.49. The molecule has 20 heavy (non-hydrogen) atoms. The van der Waals surface area contributed by atoms with Crippen molar-refractivity contribution < 1.29 is 9.53 Å². The molecule has 1 saturated heterocycles. The monoisotopic (exact) mass is 403 g/mol. The number of piperidine rings is 1. The average Bonchev–Trinajstić information content (AvgIpc) is 2.48. The van der Waals surface area contributed by atoms with Gasteiger partial charge in [0, 0.05) is 22.9 Å². The van der Waals surface area contributed by atoms with Crippen molar-refractivity contribution in [2.24, 2.45) is 0 Å². The van der Waals surface area contributed by atoms with E-state index in [-0.39, 0.29) is 5.91 Å². The molecule has 3 nitrogen and oxygen atoms in total.